The Morgan fingerprint density at radius 1 is 1.30 bits per heavy atom. The van der Waals surface area contributed by atoms with Crippen molar-refractivity contribution < 1.29 is 5.11 Å². The fourth-order valence-corrected chi connectivity index (χ4v) is 1.33. The molecule has 10 heavy (non-hydrogen) atoms. The highest BCUT2D eigenvalue weighted by Crippen LogP contribution is 2.12. The van der Waals surface area contributed by atoms with Gasteiger partial charge in [0.15, 0.2) is 0 Å². The first-order valence-corrected chi connectivity index (χ1v) is 5.10. The van der Waals surface area contributed by atoms with Crippen LogP contribution >= 0.6 is 15.9 Å². The van der Waals surface area contributed by atoms with Crippen LogP contribution in [0.4, 0.5) is 0 Å². The minimum Gasteiger partial charge on any atom is -0.396 e. The third-order valence-corrected chi connectivity index (χ3v) is 2.25. The van der Waals surface area contributed by atoms with Crippen LogP contribution in [0.3, 0.4) is 0 Å². The van der Waals surface area contributed by atoms with Gasteiger partial charge in [0.2, 0.25) is 0 Å². The highest BCUT2D eigenvalue weighted by molar-refractivity contribution is 9.09. The lowest BCUT2D eigenvalue weighted by Gasteiger charge is -2.07. The maximum Gasteiger partial charge on any atom is 0.0431 e. The van der Waals surface area contributed by atoms with E-state index in [0.717, 1.165) is 17.7 Å². The Labute approximate surface area is 72.0 Å². The molecule has 0 rings (SSSR count). The summed E-state index contributed by atoms with van der Waals surface area (Å²) >= 11 is 3.40. The van der Waals surface area contributed by atoms with E-state index in [0.29, 0.717) is 6.61 Å². The molecule has 62 valence electrons. The molecule has 0 aromatic heterocycles. The maximum absolute atomic E-state index is 8.53. The lowest BCUT2D eigenvalue weighted by molar-refractivity contribution is 0.271. The van der Waals surface area contributed by atoms with Crippen LogP contribution in [-0.2, 0) is 0 Å². The van der Waals surface area contributed by atoms with Crippen LogP contribution in [0.15, 0.2) is 0 Å². The molecule has 2 heteroatoms. The Bertz CT molecular complexity index is 58.3. The standard InChI is InChI=1S/C8H17BrO/c1-8(4-2-6-9)5-3-7-10/h8,10H,2-7H2,1H3/t8-/m0/s1. The fraction of sp³-hybridized carbons (Fsp3) is 1.00. The topological polar surface area (TPSA) is 20.2 Å². The minimum absolute atomic E-state index is 0.346. The highest BCUT2D eigenvalue weighted by Gasteiger charge is 1.99. The Morgan fingerprint density at radius 3 is 2.40 bits per heavy atom. The number of rotatable bonds is 6. The first kappa shape index (κ1) is 10.4. The molecule has 0 heterocycles. The van der Waals surface area contributed by atoms with Crippen molar-refractivity contribution in [1.29, 1.82) is 0 Å². The van der Waals surface area contributed by atoms with Gasteiger partial charge in [-0.1, -0.05) is 22.9 Å². The SMILES string of the molecule is C[C@H](CCCO)CCCBr. The third kappa shape index (κ3) is 6.56. The van der Waals surface area contributed by atoms with Gasteiger partial charge in [-0.05, 0) is 31.6 Å². The summed E-state index contributed by atoms with van der Waals surface area (Å²) in [5.41, 5.74) is 0. The Kier molecular flexibility index (Phi) is 7.88. The molecule has 0 amide bonds. The monoisotopic (exact) mass is 208 g/mol. The van der Waals surface area contributed by atoms with Gasteiger partial charge in [0, 0.05) is 11.9 Å². The van der Waals surface area contributed by atoms with Gasteiger partial charge in [0.05, 0.1) is 0 Å². The molecule has 0 aromatic rings. The quantitative estimate of drug-likeness (QED) is 0.666. The van der Waals surface area contributed by atoms with Gasteiger partial charge in [0.25, 0.3) is 0 Å². The molecular weight excluding hydrogens is 192 g/mol. The van der Waals surface area contributed by atoms with Crippen LogP contribution in [0.5, 0.6) is 0 Å². The zero-order valence-corrected chi connectivity index (χ0v) is 8.23. The van der Waals surface area contributed by atoms with Crippen LogP contribution in [0.1, 0.15) is 32.6 Å². The van der Waals surface area contributed by atoms with E-state index in [1.165, 1.54) is 19.3 Å². The number of hydrogen-bond acceptors (Lipinski definition) is 1. The van der Waals surface area contributed by atoms with Crippen molar-refractivity contribution in [3.63, 3.8) is 0 Å². The summed E-state index contributed by atoms with van der Waals surface area (Å²) in [4.78, 5) is 0. The Morgan fingerprint density at radius 2 is 1.90 bits per heavy atom. The number of alkyl halides is 1. The van der Waals surface area contributed by atoms with E-state index in [9.17, 15) is 0 Å². The average molecular weight is 209 g/mol. The second kappa shape index (κ2) is 7.55. The van der Waals surface area contributed by atoms with E-state index < -0.39 is 0 Å². The van der Waals surface area contributed by atoms with Crippen molar-refractivity contribution in [3.8, 4) is 0 Å². The van der Waals surface area contributed by atoms with Crippen molar-refractivity contribution in [2.75, 3.05) is 11.9 Å². The van der Waals surface area contributed by atoms with Crippen LogP contribution in [0, 0.1) is 5.92 Å². The van der Waals surface area contributed by atoms with E-state index in [-0.39, 0.29) is 0 Å². The van der Waals surface area contributed by atoms with E-state index in [2.05, 4.69) is 22.9 Å². The maximum atomic E-state index is 8.53. The summed E-state index contributed by atoms with van der Waals surface area (Å²) in [6, 6.07) is 0. The molecule has 0 aromatic carbocycles. The highest BCUT2D eigenvalue weighted by atomic mass is 79.9. The summed E-state index contributed by atoms with van der Waals surface area (Å²) in [5.74, 6) is 0.782. The largest absolute Gasteiger partial charge is 0.396 e. The Balaban J connectivity index is 3.00. The molecule has 0 unspecified atom stereocenters. The van der Waals surface area contributed by atoms with Crippen molar-refractivity contribution in [2.24, 2.45) is 5.92 Å². The lowest BCUT2D eigenvalue weighted by atomic mass is 10.0. The van der Waals surface area contributed by atoms with E-state index in [1.54, 1.807) is 0 Å². The fourth-order valence-electron chi connectivity index (χ4n) is 1.01. The smallest absolute Gasteiger partial charge is 0.0431 e. The Hall–Kier alpha value is 0.440. The molecule has 1 N–H and O–H groups in total. The van der Waals surface area contributed by atoms with Crippen molar-refractivity contribution in [2.45, 2.75) is 32.6 Å². The molecule has 1 nitrogen and oxygen atoms in total. The molecular formula is C8H17BrO. The molecule has 0 fully saturated rings. The third-order valence-electron chi connectivity index (χ3n) is 1.69. The van der Waals surface area contributed by atoms with E-state index in [1.807, 2.05) is 0 Å². The first-order valence-electron chi connectivity index (χ1n) is 3.98. The van der Waals surface area contributed by atoms with E-state index in [4.69, 9.17) is 5.11 Å². The molecule has 0 aliphatic rings. The molecule has 1 atom stereocenters. The number of hydrogen-bond donors (Lipinski definition) is 1. The van der Waals surface area contributed by atoms with Crippen LogP contribution < -0.4 is 0 Å². The van der Waals surface area contributed by atoms with Gasteiger partial charge in [-0.3, -0.25) is 0 Å². The molecule has 0 saturated heterocycles. The predicted molar refractivity (Wildman–Crippen MR) is 48.5 cm³/mol. The van der Waals surface area contributed by atoms with Crippen LogP contribution in [0.2, 0.25) is 0 Å². The molecule has 0 saturated carbocycles. The second-order valence-electron chi connectivity index (χ2n) is 2.80. The van der Waals surface area contributed by atoms with Crippen molar-refractivity contribution >= 4 is 15.9 Å². The van der Waals surface area contributed by atoms with Crippen molar-refractivity contribution in [3.05, 3.63) is 0 Å². The van der Waals surface area contributed by atoms with Crippen LogP contribution in [-0.4, -0.2) is 17.0 Å². The van der Waals surface area contributed by atoms with Gasteiger partial charge in [-0.15, -0.1) is 0 Å². The average Bonchev–Trinajstić information content (AvgIpc) is 1.97. The molecule has 0 aliphatic carbocycles. The minimum atomic E-state index is 0.346. The zero-order valence-electron chi connectivity index (χ0n) is 6.65. The van der Waals surface area contributed by atoms with Gasteiger partial charge >= 0.3 is 0 Å². The predicted octanol–water partition coefficient (Wildman–Crippen LogP) is 2.57. The second-order valence-corrected chi connectivity index (χ2v) is 3.60. The first-order chi connectivity index (χ1) is 4.81. The molecule has 0 radical (unpaired) electrons. The summed E-state index contributed by atoms with van der Waals surface area (Å²) in [7, 11) is 0. The van der Waals surface area contributed by atoms with E-state index >= 15 is 0 Å². The summed E-state index contributed by atoms with van der Waals surface area (Å²) in [5, 5.41) is 9.64. The van der Waals surface area contributed by atoms with Crippen LogP contribution in [0.25, 0.3) is 0 Å². The number of halogens is 1. The van der Waals surface area contributed by atoms with Crippen molar-refractivity contribution in [1.82, 2.24) is 0 Å². The summed E-state index contributed by atoms with van der Waals surface area (Å²) < 4.78 is 0. The summed E-state index contributed by atoms with van der Waals surface area (Å²) in [6.07, 6.45) is 4.67. The summed E-state index contributed by atoms with van der Waals surface area (Å²) in [6.45, 7) is 2.59. The normalized spacial score (nSPS) is 13.5. The van der Waals surface area contributed by atoms with Gasteiger partial charge in [-0.25, -0.2) is 0 Å². The zero-order chi connectivity index (χ0) is 7.82. The van der Waals surface area contributed by atoms with Gasteiger partial charge in [0.1, 0.15) is 0 Å². The van der Waals surface area contributed by atoms with Gasteiger partial charge < -0.3 is 5.11 Å². The molecule has 0 bridgehead atoms. The number of aliphatic hydroxyl groups is 1. The lowest BCUT2D eigenvalue weighted by Crippen LogP contribution is -1.96. The molecule has 0 aliphatic heterocycles. The van der Waals surface area contributed by atoms with Gasteiger partial charge in [-0.2, -0.15) is 0 Å². The molecule has 0 spiro atoms. The number of aliphatic hydroxyl groups excluding tert-OH is 1.